The zero-order valence-electron chi connectivity index (χ0n) is 12.0. The van der Waals surface area contributed by atoms with Crippen molar-refractivity contribution < 1.29 is 14.3 Å². The fourth-order valence-electron chi connectivity index (χ4n) is 1.83. The minimum Gasteiger partial charge on any atom is -0.495 e. The lowest BCUT2D eigenvalue weighted by molar-refractivity contribution is 0.102. The van der Waals surface area contributed by atoms with E-state index in [4.69, 9.17) is 14.7 Å². The summed E-state index contributed by atoms with van der Waals surface area (Å²) in [5.41, 5.74) is 1.54. The first-order chi connectivity index (χ1) is 10.6. The second-order valence-corrected chi connectivity index (χ2v) is 5.13. The molecule has 0 aliphatic carbocycles. The summed E-state index contributed by atoms with van der Waals surface area (Å²) in [6.07, 6.45) is 0. The van der Waals surface area contributed by atoms with E-state index in [-0.39, 0.29) is 5.91 Å². The quantitative estimate of drug-likeness (QED) is 0.904. The van der Waals surface area contributed by atoms with Crippen molar-refractivity contribution in [2.45, 2.75) is 0 Å². The van der Waals surface area contributed by atoms with Crippen molar-refractivity contribution in [1.29, 1.82) is 5.26 Å². The van der Waals surface area contributed by atoms with Crippen molar-refractivity contribution in [2.24, 2.45) is 0 Å². The van der Waals surface area contributed by atoms with Crippen LogP contribution in [0, 0.1) is 11.3 Å². The van der Waals surface area contributed by atoms with E-state index in [2.05, 4.69) is 21.2 Å². The molecule has 1 N–H and O–H groups in total. The SMILES string of the molecule is COc1cc(C(=O)Nc2ccc(C#N)cc2)cc(OC)c1Br. The maximum Gasteiger partial charge on any atom is 0.255 e. The number of nitriles is 1. The molecule has 0 radical (unpaired) electrons. The molecule has 0 unspecified atom stereocenters. The summed E-state index contributed by atoms with van der Waals surface area (Å²) >= 11 is 3.36. The molecule has 6 heteroatoms. The van der Waals surface area contributed by atoms with Crippen LogP contribution in [0.5, 0.6) is 11.5 Å². The van der Waals surface area contributed by atoms with Gasteiger partial charge in [0.2, 0.25) is 0 Å². The molecule has 0 saturated carbocycles. The molecule has 112 valence electrons. The Morgan fingerprint density at radius 1 is 1.14 bits per heavy atom. The van der Waals surface area contributed by atoms with Crippen LogP contribution in [-0.4, -0.2) is 20.1 Å². The molecule has 2 aromatic rings. The van der Waals surface area contributed by atoms with Crippen LogP contribution in [0.1, 0.15) is 15.9 Å². The first-order valence-electron chi connectivity index (χ1n) is 6.32. The normalized spacial score (nSPS) is 9.73. The van der Waals surface area contributed by atoms with Crippen LogP contribution in [0.4, 0.5) is 5.69 Å². The largest absolute Gasteiger partial charge is 0.495 e. The number of anilines is 1. The van der Waals surface area contributed by atoms with Gasteiger partial charge in [-0.15, -0.1) is 0 Å². The smallest absolute Gasteiger partial charge is 0.255 e. The number of carbonyl (C=O) groups is 1. The fraction of sp³-hybridized carbons (Fsp3) is 0.125. The van der Waals surface area contributed by atoms with Gasteiger partial charge in [-0.3, -0.25) is 4.79 Å². The van der Waals surface area contributed by atoms with Gasteiger partial charge in [0.25, 0.3) is 5.91 Å². The number of nitrogens with zero attached hydrogens (tertiary/aromatic N) is 1. The highest BCUT2D eigenvalue weighted by Gasteiger charge is 2.14. The van der Waals surface area contributed by atoms with E-state index in [1.807, 2.05) is 6.07 Å². The van der Waals surface area contributed by atoms with Crippen LogP contribution in [-0.2, 0) is 0 Å². The number of methoxy groups -OCH3 is 2. The first-order valence-corrected chi connectivity index (χ1v) is 7.11. The van der Waals surface area contributed by atoms with Gasteiger partial charge in [0.15, 0.2) is 0 Å². The third kappa shape index (κ3) is 3.38. The average Bonchev–Trinajstić information content (AvgIpc) is 2.55. The predicted octanol–water partition coefficient (Wildman–Crippen LogP) is 3.59. The number of nitrogens with one attached hydrogen (secondary N) is 1. The summed E-state index contributed by atoms with van der Waals surface area (Å²) in [6.45, 7) is 0. The zero-order valence-corrected chi connectivity index (χ0v) is 13.6. The molecule has 0 atom stereocenters. The van der Waals surface area contributed by atoms with E-state index in [9.17, 15) is 4.79 Å². The number of rotatable bonds is 4. The van der Waals surface area contributed by atoms with Gasteiger partial charge in [-0.25, -0.2) is 0 Å². The minimum absolute atomic E-state index is 0.297. The molecule has 0 bridgehead atoms. The summed E-state index contributed by atoms with van der Waals surface area (Å²) in [7, 11) is 3.03. The van der Waals surface area contributed by atoms with Gasteiger partial charge in [-0.2, -0.15) is 5.26 Å². The molecular formula is C16H13BrN2O3. The van der Waals surface area contributed by atoms with Crippen LogP contribution in [0.15, 0.2) is 40.9 Å². The molecule has 22 heavy (non-hydrogen) atoms. The van der Waals surface area contributed by atoms with Gasteiger partial charge in [0.1, 0.15) is 16.0 Å². The predicted molar refractivity (Wildman–Crippen MR) is 86.4 cm³/mol. The lowest BCUT2D eigenvalue weighted by Gasteiger charge is -2.11. The van der Waals surface area contributed by atoms with Gasteiger partial charge < -0.3 is 14.8 Å². The molecule has 0 aliphatic heterocycles. The van der Waals surface area contributed by atoms with E-state index in [1.165, 1.54) is 14.2 Å². The van der Waals surface area contributed by atoms with Crippen molar-refractivity contribution in [2.75, 3.05) is 19.5 Å². The van der Waals surface area contributed by atoms with Gasteiger partial charge >= 0.3 is 0 Å². The third-order valence-corrected chi connectivity index (χ3v) is 3.76. The Morgan fingerprint density at radius 3 is 2.14 bits per heavy atom. The lowest BCUT2D eigenvalue weighted by atomic mass is 10.1. The van der Waals surface area contributed by atoms with Crippen LogP contribution in [0.25, 0.3) is 0 Å². The third-order valence-electron chi connectivity index (χ3n) is 2.98. The molecular weight excluding hydrogens is 348 g/mol. The molecule has 0 heterocycles. The molecule has 0 fully saturated rings. The highest BCUT2D eigenvalue weighted by Crippen LogP contribution is 2.35. The maximum absolute atomic E-state index is 12.3. The van der Waals surface area contributed by atoms with Crippen LogP contribution in [0.3, 0.4) is 0 Å². The topological polar surface area (TPSA) is 71.3 Å². The first kappa shape index (κ1) is 15.9. The van der Waals surface area contributed by atoms with E-state index in [0.717, 1.165) is 0 Å². The van der Waals surface area contributed by atoms with Crippen LogP contribution < -0.4 is 14.8 Å². The summed E-state index contributed by atoms with van der Waals surface area (Å²) in [4.78, 5) is 12.3. The zero-order chi connectivity index (χ0) is 16.1. The summed E-state index contributed by atoms with van der Waals surface area (Å²) < 4.78 is 11.1. The molecule has 0 aliphatic rings. The average molecular weight is 361 g/mol. The van der Waals surface area contributed by atoms with E-state index >= 15 is 0 Å². The molecule has 2 rings (SSSR count). The number of carbonyl (C=O) groups excluding carboxylic acids is 1. The number of amides is 1. The summed E-state index contributed by atoms with van der Waals surface area (Å²) in [5.74, 6) is 0.711. The molecule has 0 saturated heterocycles. The van der Waals surface area contributed by atoms with Crippen molar-refractivity contribution in [3.05, 3.63) is 52.0 Å². The maximum atomic E-state index is 12.3. The Balaban J connectivity index is 2.27. The number of hydrogen-bond donors (Lipinski definition) is 1. The molecule has 2 aromatic carbocycles. The summed E-state index contributed by atoms with van der Waals surface area (Å²) in [5, 5.41) is 11.5. The Hall–Kier alpha value is -2.52. The van der Waals surface area contributed by atoms with Gasteiger partial charge in [-0.05, 0) is 52.3 Å². The lowest BCUT2D eigenvalue weighted by Crippen LogP contribution is -2.12. The standard InChI is InChI=1S/C16H13BrN2O3/c1-21-13-7-11(8-14(22-2)15(13)17)16(20)19-12-5-3-10(9-18)4-6-12/h3-8H,1-2H3,(H,19,20). The number of halogens is 1. The number of hydrogen-bond acceptors (Lipinski definition) is 4. The second kappa shape index (κ2) is 6.96. The monoisotopic (exact) mass is 360 g/mol. The minimum atomic E-state index is -0.297. The molecule has 0 aromatic heterocycles. The number of benzene rings is 2. The van der Waals surface area contributed by atoms with Gasteiger partial charge in [0, 0.05) is 11.3 Å². The Bertz CT molecular complexity index is 711. The summed E-state index contributed by atoms with van der Waals surface area (Å²) in [6, 6.07) is 11.9. The van der Waals surface area contributed by atoms with E-state index in [0.29, 0.717) is 32.8 Å². The van der Waals surface area contributed by atoms with Crippen molar-refractivity contribution in [3.8, 4) is 17.6 Å². The van der Waals surface area contributed by atoms with Crippen LogP contribution >= 0.6 is 15.9 Å². The number of ether oxygens (including phenoxy) is 2. The highest BCUT2D eigenvalue weighted by molar-refractivity contribution is 9.10. The molecule has 5 nitrogen and oxygen atoms in total. The van der Waals surface area contributed by atoms with Crippen molar-refractivity contribution >= 4 is 27.5 Å². The van der Waals surface area contributed by atoms with E-state index in [1.54, 1.807) is 36.4 Å². The van der Waals surface area contributed by atoms with Gasteiger partial charge in [-0.1, -0.05) is 0 Å². The van der Waals surface area contributed by atoms with Crippen molar-refractivity contribution in [1.82, 2.24) is 0 Å². The highest BCUT2D eigenvalue weighted by atomic mass is 79.9. The Morgan fingerprint density at radius 2 is 1.68 bits per heavy atom. The molecule has 0 spiro atoms. The van der Waals surface area contributed by atoms with Crippen LogP contribution in [0.2, 0.25) is 0 Å². The molecule has 1 amide bonds. The fourth-order valence-corrected chi connectivity index (χ4v) is 2.38. The Kier molecular flexibility index (Phi) is 5.02. The van der Waals surface area contributed by atoms with E-state index < -0.39 is 0 Å². The second-order valence-electron chi connectivity index (χ2n) is 4.34. The van der Waals surface area contributed by atoms with Crippen molar-refractivity contribution in [3.63, 3.8) is 0 Å². The van der Waals surface area contributed by atoms with Gasteiger partial charge in [0.05, 0.1) is 25.9 Å². The Labute approximate surface area is 136 Å².